The molecule has 2 aromatic rings. The van der Waals surface area contributed by atoms with Gasteiger partial charge in [0.2, 0.25) is 0 Å². The highest BCUT2D eigenvalue weighted by Crippen LogP contribution is 2.18. The SMILES string of the molecule is CSc1ccc(C(N)=Nc2ccc(Br)cc2)cc1. The van der Waals surface area contributed by atoms with E-state index in [9.17, 15) is 0 Å². The first-order chi connectivity index (χ1) is 8.69. The van der Waals surface area contributed by atoms with E-state index < -0.39 is 0 Å². The quantitative estimate of drug-likeness (QED) is 0.522. The molecule has 4 heteroatoms. The third kappa shape index (κ3) is 3.37. The molecule has 0 saturated heterocycles. The maximum atomic E-state index is 5.99. The molecule has 0 radical (unpaired) electrons. The molecule has 0 bridgehead atoms. The average Bonchev–Trinajstić information content (AvgIpc) is 2.41. The van der Waals surface area contributed by atoms with E-state index in [2.05, 4.69) is 20.9 Å². The number of hydrogen-bond acceptors (Lipinski definition) is 2. The zero-order valence-corrected chi connectivity index (χ0v) is 12.3. The van der Waals surface area contributed by atoms with Crippen LogP contribution in [0, 0.1) is 0 Å². The summed E-state index contributed by atoms with van der Waals surface area (Å²) in [7, 11) is 0. The fraction of sp³-hybridized carbons (Fsp3) is 0.0714. The van der Waals surface area contributed by atoms with E-state index in [0.29, 0.717) is 5.84 Å². The zero-order chi connectivity index (χ0) is 13.0. The van der Waals surface area contributed by atoms with Crippen LogP contribution < -0.4 is 5.73 Å². The maximum absolute atomic E-state index is 5.99. The maximum Gasteiger partial charge on any atom is 0.131 e. The molecule has 0 heterocycles. The van der Waals surface area contributed by atoms with Gasteiger partial charge >= 0.3 is 0 Å². The Balaban J connectivity index is 2.23. The highest BCUT2D eigenvalue weighted by molar-refractivity contribution is 9.10. The van der Waals surface area contributed by atoms with Gasteiger partial charge in [-0.2, -0.15) is 0 Å². The van der Waals surface area contributed by atoms with Gasteiger partial charge in [-0.05, 0) is 42.7 Å². The lowest BCUT2D eigenvalue weighted by Crippen LogP contribution is -2.12. The van der Waals surface area contributed by atoms with Gasteiger partial charge < -0.3 is 5.73 Å². The summed E-state index contributed by atoms with van der Waals surface area (Å²) in [5.41, 5.74) is 7.78. The second-order valence-electron chi connectivity index (χ2n) is 3.70. The van der Waals surface area contributed by atoms with Gasteiger partial charge in [-0.3, -0.25) is 0 Å². The van der Waals surface area contributed by atoms with Crippen LogP contribution in [0.25, 0.3) is 0 Å². The van der Waals surface area contributed by atoms with Crippen molar-refractivity contribution in [2.45, 2.75) is 4.90 Å². The molecule has 0 unspecified atom stereocenters. The first kappa shape index (κ1) is 13.2. The topological polar surface area (TPSA) is 38.4 Å². The van der Waals surface area contributed by atoms with Crippen molar-refractivity contribution >= 4 is 39.2 Å². The summed E-state index contributed by atoms with van der Waals surface area (Å²) in [6, 6.07) is 15.8. The van der Waals surface area contributed by atoms with Crippen molar-refractivity contribution in [2.75, 3.05) is 6.26 Å². The van der Waals surface area contributed by atoms with Crippen molar-refractivity contribution in [2.24, 2.45) is 10.7 Å². The van der Waals surface area contributed by atoms with Gasteiger partial charge in [0.15, 0.2) is 0 Å². The Morgan fingerprint density at radius 3 is 2.22 bits per heavy atom. The van der Waals surface area contributed by atoms with E-state index in [0.717, 1.165) is 15.7 Å². The highest BCUT2D eigenvalue weighted by Gasteiger charge is 1.99. The van der Waals surface area contributed by atoms with Crippen LogP contribution in [0.4, 0.5) is 5.69 Å². The molecule has 0 saturated carbocycles. The molecule has 0 aromatic heterocycles. The Labute approximate surface area is 119 Å². The normalized spacial score (nSPS) is 11.6. The lowest BCUT2D eigenvalue weighted by atomic mass is 10.2. The minimum Gasteiger partial charge on any atom is -0.383 e. The lowest BCUT2D eigenvalue weighted by molar-refractivity contribution is 1.41. The summed E-state index contributed by atoms with van der Waals surface area (Å²) in [5, 5.41) is 0. The van der Waals surface area contributed by atoms with Crippen molar-refractivity contribution in [3.8, 4) is 0 Å². The van der Waals surface area contributed by atoms with E-state index in [-0.39, 0.29) is 0 Å². The van der Waals surface area contributed by atoms with Crippen LogP contribution in [0.2, 0.25) is 0 Å². The molecular formula is C14H13BrN2S. The Kier molecular flexibility index (Phi) is 4.44. The Morgan fingerprint density at radius 1 is 1.06 bits per heavy atom. The van der Waals surface area contributed by atoms with E-state index >= 15 is 0 Å². The monoisotopic (exact) mass is 320 g/mol. The number of amidine groups is 1. The predicted octanol–water partition coefficient (Wildman–Crippen LogP) is 4.21. The number of thioether (sulfide) groups is 1. The molecule has 0 fully saturated rings. The average molecular weight is 321 g/mol. The van der Waals surface area contributed by atoms with Crippen molar-refractivity contribution in [3.05, 3.63) is 58.6 Å². The second kappa shape index (κ2) is 6.07. The van der Waals surface area contributed by atoms with Crippen molar-refractivity contribution in [1.29, 1.82) is 0 Å². The molecule has 0 aliphatic heterocycles. The Bertz CT molecular complexity index is 547. The Hall–Kier alpha value is -1.26. The van der Waals surface area contributed by atoms with Gasteiger partial charge in [0, 0.05) is 14.9 Å². The molecular weight excluding hydrogens is 308 g/mol. The minimum absolute atomic E-state index is 0.532. The molecule has 0 aliphatic carbocycles. The fourth-order valence-corrected chi connectivity index (χ4v) is 2.15. The predicted molar refractivity (Wildman–Crippen MR) is 82.7 cm³/mol. The third-order valence-corrected chi connectivity index (χ3v) is 3.73. The van der Waals surface area contributed by atoms with Crippen LogP contribution in [0.15, 0.2) is 62.9 Å². The van der Waals surface area contributed by atoms with E-state index in [1.165, 1.54) is 4.90 Å². The van der Waals surface area contributed by atoms with Crippen molar-refractivity contribution in [1.82, 2.24) is 0 Å². The summed E-state index contributed by atoms with van der Waals surface area (Å²) in [6.45, 7) is 0. The van der Waals surface area contributed by atoms with Crippen molar-refractivity contribution < 1.29 is 0 Å². The highest BCUT2D eigenvalue weighted by atomic mass is 79.9. The van der Waals surface area contributed by atoms with Crippen LogP contribution in [0.5, 0.6) is 0 Å². The smallest absolute Gasteiger partial charge is 0.131 e. The van der Waals surface area contributed by atoms with Crippen LogP contribution in [0.1, 0.15) is 5.56 Å². The minimum atomic E-state index is 0.532. The number of rotatable bonds is 3. The van der Waals surface area contributed by atoms with Gasteiger partial charge in [0.25, 0.3) is 0 Å². The molecule has 92 valence electrons. The number of nitrogens with zero attached hydrogens (tertiary/aromatic N) is 1. The van der Waals surface area contributed by atoms with Gasteiger partial charge in [-0.15, -0.1) is 11.8 Å². The molecule has 0 aliphatic rings. The molecule has 18 heavy (non-hydrogen) atoms. The van der Waals surface area contributed by atoms with Gasteiger partial charge in [-0.1, -0.05) is 28.1 Å². The summed E-state index contributed by atoms with van der Waals surface area (Å²) in [6.07, 6.45) is 2.05. The van der Waals surface area contributed by atoms with Crippen LogP contribution in [-0.4, -0.2) is 12.1 Å². The first-order valence-electron chi connectivity index (χ1n) is 5.43. The van der Waals surface area contributed by atoms with Gasteiger partial charge in [0.05, 0.1) is 5.69 Å². The van der Waals surface area contributed by atoms with Gasteiger partial charge in [-0.25, -0.2) is 4.99 Å². The molecule has 0 atom stereocenters. The molecule has 0 amide bonds. The Morgan fingerprint density at radius 2 is 1.67 bits per heavy atom. The first-order valence-corrected chi connectivity index (χ1v) is 7.45. The zero-order valence-electron chi connectivity index (χ0n) is 9.93. The second-order valence-corrected chi connectivity index (χ2v) is 5.50. The summed E-state index contributed by atoms with van der Waals surface area (Å²) < 4.78 is 1.03. The molecule has 0 spiro atoms. The fourth-order valence-electron chi connectivity index (χ4n) is 1.48. The third-order valence-electron chi connectivity index (χ3n) is 2.46. The molecule has 2 nitrogen and oxygen atoms in total. The number of hydrogen-bond donors (Lipinski definition) is 1. The number of nitrogens with two attached hydrogens (primary N) is 1. The molecule has 2 rings (SSSR count). The number of benzene rings is 2. The molecule has 2 aromatic carbocycles. The number of halogens is 1. The molecule has 2 N–H and O–H groups in total. The standard InChI is InChI=1S/C14H13BrN2S/c1-18-13-8-2-10(3-9-13)14(16)17-12-6-4-11(15)5-7-12/h2-9H,1H3,(H2,16,17). The van der Waals surface area contributed by atoms with Crippen molar-refractivity contribution in [3.63, 3.8) is 0 Å². The van der Waals surface area contributed by atoms with Gasteiger partial charge in [0.1, 0.15) is 5.84 Å². The van der Waals surface area contributed by atoms with Crippen LogP contribution in [0.3, 0.4) is 0 Å². The summed E-state index contributed by atoms with van der Waals surface area (Å²) in [5.74, 6) is 0.532. The van der Waals surface area contributed by atoms with Crippen LogP contribution >= 0.6 is 27.7 Å². The summed E-state index contributed by atoms with van der Waals surface area (Å²) >= 11 is 5.10. The van der Waals surface area contributed by atoms with E-state index in [4.69, 9.17) is 5.73 Å². The number of aliphatic imine (C=N–C) groups is 1. The summed E-state index contributed by atoms with van der Waals surface area (Å²) in [4.78, 5) is 5.61. The van der Waals surface area contributed by atoms with Crippen LogP contribution in [-0.2, 0) is 0 Å². The van der Waals surface area contributed by atoms with E-state index in [1.54, 1.807) is 11.8 Å². The lowest BCUT2D eigenvalue weighted by Gasteiger charge is -2.02. The largest absolute Gasteiger partial charge is 0.383 e. The van der Waals surface area contributed by atoms with E-state index in [1.807, 2.05) is 54.8 Å².